The molecule has 1 aliphatic heterocycles. The van der Waals surface area contributed by atoms with Crippen molar-refractivity contribution < 1.29 is 4.79 Å². The average molecular weight is 340 g/mol. The number of nitrogens with zero attached hydrogens (tertiary/aromatic N) is 5. The number of aromatic nitrogens is 2. The maximum absolute atomic E-state index is 12.8. The van der Waals surface area contributed by atoms with E-state index in [1.54, 1.807) is 0 Å². The van der Waals surface area contributed by atoms with E-state index in [0.717, 1.165) is 19.6 Å². The number of carbonyl (C=O) groups is 1. The van der Waals surface area contributed by atoms with Gasteiger partial charge in [0.2, 0.25) is 5.95 Å². The van der Waals surface area contributed by atoms with Gasteiger partial charge in [-0.25, -0.2) is 9.97 Å². The number of hydrogen-bond donors (Lipinski definition) is 0. The fourth-order valence-corrected chi connectivity index (χ4v) is 3.28. The van der Waals surface area contributed by atoms with Gasteiger partial charge < -0.3 is 14.7 Å². The molecular weight excluding hydrogens is 314 g/mol. The van der Waals surface area contributed by atoms with Crippen LogP contribution in [0.2, 0.25) is 5.02 Å². The molecule has 1 aliphatic rings. The summed E-state index contributed by atoms with van der Waals surface area (Å²) in [6.07, 6.45) is 1.53. The fraction of sp³-hybridized carbons (Fsp3) is 0.688. The van der Waals surface area contributed by atoms with Crippen molar-refractivity contribution in [2.24, 2.45) is 5.92 Å². The molecule has 0 saturated carbocycles. The van der Waals surface area contributed by atoms with Crippen molar-refractivity contribution in [3.8, 4) is 0 Å². The molecule has 0 aromatic carbocycles. The lowest BCUT2D eigenvalue weighted by molar-refractivity contribution is 0.0775. The first-order chi connectivity index (χ1) is 10.9. The molecule has 2 atom stereocenters. The minimum Gasteiger partial charge on any atom is -0.341 e. The first-order valence-corrected chi connectivity index (χ1v) is 8.49. The molecule has 0 N–H and O–H groups in total. The molecule has 0 bridgehead atoms. The van der Waals surface area contributed by atoms with Crippen LogP contribution in [0.3, 0.4) is 0 Å². The van der Waals surface area contributed by atoms with Crippen molar-refractivity contribution in [3.05, 3.63) is 16.9 Å². The van der Waals surface area contributed by atoms with Crippen LogP contribution in [-0.4, -0.2) is 72.0 Å². The third-order valence-electron chi connectivity index (χ3n) is 4.50. The molecule has 128 valence electrons. The maximum atomic E-state index is 12.8. The van der Waals surface area contributed by atoms with Gasteiger partial charge in [-0.2, -0.15) is 0 Å². The largest absolute Gasteiger partial charge is 0.341 e. The van der Waals surface area contributed by atoms with Crippen molar-refractivity contribution in [1.29, 1.82) is 0 Å². The molecule has 1 amide bonds. The van der Waals surface area contributed by atoms with Crippen LogP contribution in [0.15, 0.2) is 6.20 Å². The third-order valence-corrected chi connectivity index (χ3v) is 4.78. The molecule has 2 heterocycles. The number of likely N-dealkylation sites (tertiary alicyclic amines) is 1. The Morgan fingerprint density at radius 3 is 2.52 bits per heavy atom. The SMILES string of the molecule is CCN(CC)c1ncc(Cl)c(C(=O)N2CC(C)C(N(C)C)C2)n1. The van der Waals surface area contributed by atoms with Crippen LogP contribution in [0, 0.1) is 5.92 Å². The molecule has 0 spiro atoms. The lowest BCUT2D eigenvalue weighted by atomic mass is 10.1. The molecule has 6 nitrogen and oxygen atoms in total. The van der Waals surface area contributed by atoms with Gasteiger partial charge in [-0.05, 0) is 33.9 Å². The summed E-state index contributed by atoms with van der Waals surface area (Å²) in [6, 6.07) is 0.363. The Balaban J connectivity index is 2.24. The Morgan fingerprint density at radius 1 is 1.35 bits per heavy atom. The summed E-state index contributed by atoms with van der Waals surface area (Å²) < 4.78 is 0. The highest BCUT2D eigenvalue weighted by Crippen LogP contribution is 2.24. The van der Waals surface area contributed by atoms with Gasteiger partial charge in [-0.15, -0.1) is 0 Å². The number of rotatable bonds is 5. The zero-order valence-corrected chi connectivity index (χ0v) is 15.3. The molecule has 2 rings (SSSR count). The summed E-state index contributed by atoms with van der Waals surface area (Å²) in [4.78, 5) is 27.5. The van der Waals surface area contributed by atoms with Crippen LogP contribution in [-0.2, 0) is 0 Å². The van der Waals surface area contributed by atoms with Crippen LogP contribution < -0.4 is 4.90 Å². The predicted molar refractivity (Wildman–Crippen MR) is 93.1 cm³/mol. The highest BCUT2D eigenvalue weighted by atomic mass is 35.5. The molecule has 2 unspecified atom stereocenters. The first-order valence-electron chi connectivity index (χ1n) is 8.12. The van der Waals surface area contributed by atoms with E-state index in [-0.39, 0.29) is 5.91 Å². The summed E-state index contributed by atoms with van der Waals surface area (Å²) in [6.45, 7) is 9.24. The standard InChI is InChI=1S/C16H26ClN5O/c1-6-21(7-2)16-18-8-12(17)14(19-16)15(23)22-9-11(3)13(10-22)20(4)5/h8,11,13H,6-7,9-10H2,1-5H3. The van der Waals surface area contributed by atoms with Gasteiger partial charge in [0.15, 0.2) is 5.69 Å². The predicted octanol–water partition coefficient (Wildman–Crippen LogP) is 2.00. The van der Waals surface area contributed by atoms with Crippen molar-refractivity contribution in [2.75, 3.05) is 45.2 Å². The molecule has 23 heavy (non-hydrogen) atoms. The van der Waals surface area contributed by atoms with E-state index in [1.807, 2.05) is 37.7 Å². The van der Waals surface area contributed by atoms with E-state index >= 15 is 0 Å². The Labute approximate surface area is 143 Å². The van der Waals surface area contributed by atoms with Crippen LogP contribution in [0.5, 0.6) is 0 Å². The van der Waals surface area contributed by atoms with Gasteiger partial charge >= 0.3 is 0 Å². The minimum absolute atomic E-state index is 0.109. The second kappa shape index (κ2) is 7.45. The summed E-state index contributed by atoms with van der Waals surface area (Å²) in [5.41, 5.74) is 0.301. The molecule has 1 aromatic rings. The Morgan fingerprint density at radius 2 is 2.00 bits per heavy atom. The lowest BCUT2D eigenvalue weighted by Crippen LogP contribution is -2.36. The Kier molecular flexibility index (Phi) is 5.81. The molecule has 0 aliphatic carbocycles. The highest BCUT2D eigenvalue weighted by Gasteiger charge is 2.35. The van der Waals surface area contributed by atoms with Gasteiger partial charge in [0.05, 0.1) is 11.2 Å². The summed E-state index contributed by atoms with van der Waals surface area (Å²) in [5.74, 6) is 0.873. The number of hydrogen-bond acceptors (Lipinski definition) is 5. The van der Waals surface area contributed by atoms with Crippen molar-refractivity contribution >= 4 is 23.5 Å². The van der Waals surface area contributed by atoms with Gasteiger partial charge in [0, 0.05) is 32.2 Å². The normalized spacial score (nSPS) is 21.1. The second-order valence-corrected chi connectivity index (χ2v) is 6.66. The van der Waals surface area contributed by atoms with E-state index in [9.17, 15) is 4.79 Å². The average Bonchev–Trinajstić information content (AvgIpc) is 2.91. The van der Waals surface area contributed by atoms with E-state index < -0.39 is 0 Å². The topological polar surface area (TPSA) is 52.6 Å². The zero-order chi connectivity index (χ0) is 17.1. The third kappa shape index (κ3) is 3.75. The Bertz CT molecular complexity index is 561. The molecule has 1 fully saturated rings. The monoisotopic (exact) mass is 339 g/mol. The van der Waals surface area contributed by atoms with Crippen LogP contribution in [0.1, 0.15) is 31.3 Å². The highest BCUT2D eigenvalue weighted by molar-refractivity contribution is 6.33. The number of halogens is 1. The first kappa shape index (κ1) is 17.9. The smallest absolute Gasteiger partial charge is 0.274 e. The summed E-state index contributed by atoms with van der Waals surface area (Å²) in [5, 5.41) is 0.312. The van der Waals surface area contributed by atoms with Crippen molar-refractivity contribution in [1.82, 2.24) is 19.8 Å². The number of anilines is 1. The van der Waals surface area contributed by atoms with E-state index in [0.29, 0.717) is 35.2 Å². The van der Waals surface area contributed by atoms with Crippen molar-refractivity contribution in [2.45, 2.75) is 26.8 Å². The molecular formula is C16H26ClN5O. The summed E-state index contributed by atoms with van der Waals surface area (Å²) in [7, 11) is 4.09. The van der Waals surface area contributed by atoms with Gasteiger partial charge in [0.1, 0.15) is 0 Å². The van der Waals surface area contributed by atoms with Crippen LogP contribution in [0.4, 0.5) is 5.95 Å². The lowest BCUT2D eigenvalue weighted by Gasteiger charge is -2.23. The van der Waals surface area contributed by atoms with Gasteiger partial charge in [0.25, 0.3) is 5.91 Å². The van der Waals surface area contributed by atoms with Gasteiger partial charge in [-0.1, -0.05) is 18.5 Å². The second-order valence-electron chi connectivity index (χ2n) is 6.26. The number of carbonyl (C=O) groups excluding carboxylic acids is 1. The van der Waals surface area contributed by atoms with Gasteiger partial charge in [-0.3, -0.25) is 4.79 Å². The number of likely N-dealkylation sites (N-methyl/N-ethyl adjacent to an activating group) is 1. The summed E-state index contributed by atoms with van der Waals surface area (Å²) >= 11 is 6.19. The molecule has 7 heteroatoms. The molecule has 0 radical (unpaired) electrons. The molecule has 1 saturated heterocycles. The number of amides is 1. The fourth-order valence-electron chi connectivity index (χ4n) is 3.10. The maximum Gasteiger partial charge on any atom is 0.274 e. The Hall–Kier alpha value is -1.40. The van der Waals surface area contributed by atoms with E-state index in [1.165, 1.54) is 6.20 Å². The van der Waals surface area contributed by atoms with E-state index in [4.69, 9.17) is 11.6 Å². The zero-order valence-electron chi connectivity index (χ0n) is 14.6. The quantitative estimate of drug-likeness (QED) is 0.821. The van der Waals surface area contributed by atoms with Crippen LogP contribution >= 0.6 is 11.6 Å². The van der Waals surface area contributed by atoms with Crippen LogP contribution in [0.25, 0.3) is 0 Å². The molecule has 1 aromatic heterocycles. The van der Waals surface area contributed by atoms with E-state index in [2.05, 4.69) is 21.8 Å². The van der Waals surface area contributed by atoms with Crippen molar-refractivity contribution in [3.63, 3.8) is 0 Å². The minimum atomic E-state index is -0.109.